The smallest absolute Gasteiger partial charge is 0.290 e. The monoisotopic (exact) mass is 500 g/mol. The van der Waals surface area contributed by atoms with E-state index in [0.29, 0.717) is 45.2 Å². The highest BCUT2D eigenvalue weighted by Gasteiger charge is 2.19. The quantitative estimate of drug-likeness (QED) is 0.340. The number of ether oxygens (including phenoxy) is 1. The molecular weight excluding hydrogens is 475 g/mol. The molecule has 188 valence electrons. The molecule has 4 heterocycles. The second-order valence-electron chi connectivity index (χ2n) is 8.75. The Kier molecular flexibility index (Phi) is 7.00. The minimum Gasteiger partial charge on any atom is -0.483 e. The Morgan fingerprint density at radius 3 is 2.62 bits per heavy atom. The topological polar surface area (TPSA) is 115 Å². The molecule has 1 aliphatic rings. The number of hydrogen-bond donors (Lipinski definition) is 2. The lowest BCUT2D eigenvalue weighted by atomic mass is 9.93. The molecule has 0 unspecified atom stereocenters. The molecule has 3 aromatic heterocycles. The first-order chi connectivity index (χ1) is 18.1. The summed E-state index contributed by atoms with van der Waals surface area (Å²) in [5, 5.41) is 24.2. The number of carboxylic acid groups (broad SMARTS) is 1. The molecule has 5 aromatic rings. The molecule has 1 fully saturated rings. The van der Waals surface area contributed by atoms with Crippen molar-refractivity contribution in [2.24, 2.45) is 0 Å². The van der Waals surface area contributed by atoms with Gasteiger partial charge in [0.2, 0.25) is 0 Å². The van der Waals surface area contributed by atoms with Crippen LogP contribution in [0.1, 0.15) is 30.1 Å². The van der Waals surface area contributed by atoms with Gasteiger partial charge in [0.25, 0.3) is 6.47 Å². The molecule has 1 aliphatic heterocycles. The van der Waals surface area contributed by atoms with E-state index in [0.717, 1.165) is 37.3 Å². The number of piperidine rings is 1. The summed E-state index contributed by atoms with van der Waals surface area (Å²) in [6, 6.07) is 16.4. The van der Waals surface area contributed by atoms with Gasteiger partial charge in [-0.05, 0) is 63.2 Å². The van der Waals surface area contributed by atoms with Crippen LogP contribution in [0.4, 0.5) is 4.39 Å². The van der Waals surface area contributed by atoms with Crippen molar-refractivity contribution >= 4 is 23.0 Å². The maximum absolute atomic E-state index is 15.3. The number of benzene rings is 2. The van der Waals surface area contributed by atoms with Crippen LogP contribution in [0, 0.1) is 12.7 Å². The summed E-state index contributed by atoms with van der Waals surface area (Å²) in [4.78, 5) is 12.9. The number of aryl methyl sites for hydroxylation is 1. The molecule has 0 atom stereocenters. The largest absolute Gasteiger partial charge is 0.483 e. The molecule has 0 bridgehead atoms. The third-order valence-electron chi connectivity index (χ3n) is 6.21. The molecule has 0 aliphatic carbocycles. The number of hydrogen-bond acceptors (Lipinski definition) is 7. The Morgan fingerprint density at radius 1 is 1.11 bits per heavy atom. The minimum absolute atomic E-state index is 0.250. The van der Waals surface area contributed by atoms with Gasteiger partial charge in [0.15, 0.2) is 11.4 Å². The normalized spacial score (nSPS) is 13.8. The Morgan fingerprint density at radius 2 is 1.86 bits per heavy atom. The highest BCUT2D eigenvalue weighted by atomic mass is 19.1. The van der Waals surface area contributed by atoms with Crippen molar-refractivity contribution in [2.45, 2.75) is 25.7 Å². The SMILES string of the molecule is Cc1cn2nc(-c3cc(F)c4cc(C5CCNCC5)nnc4c3)cc(Oc3ccccc3)c2n1.O=CO. The molecule has 2 N–H and O–H groups in total. The van der Waals surface area contributed by atoms with Crippen molar-refractivity contribution in [3.8, 4) is 22.8 Å². The highest BCUT2D eigenvalue weighted by molar-refractivity contribution is 5.84. The first-order valence-corrected chi connectivity index (χ1v) is 11.9. The van der Waals surface area contributed by atoms with Crippen LogP contribution < -0.4 is 10.1 Å². The van der Waals surface area contributed by atoms with Gasteiger partial charge in [-0.25, -0.2) is 13.9 Å². The second kappa shape index (κ2) is 10.7. The third-order valence-corrected chi connectivity index (χ3v) is 6.21. The first kappa shape index (κ1) is 24.3. The van der Waals surface area contributed by atoms with Crippen LogP contribution >= 0.6 is 0 Å². The minimum atomic E-state index is -0.341. The van der Waals surface area contributed by atoms with Gasteiger partial charge in [-0.3, -0.25) is 4.79 Å². The average Bonchev–Trinajstić information content (AvgIpc) is 3.30. The van der Waals surface area contributed by atoms with E-state index in [9.17, 15) is 0 Å². The van der Waals surface area contributed by atoms with Crippen LogP contribution in [0.2, 0.25) is 0 Å². The number of nitrogens with zero attached hydrogens (tertiary/aromatic N) is 5. The van der Waals surface area contributed by atoms with Crippen LogP contribution in [-0.2, 0) is 4.79 Å². The number of halogens is 1. The molecule has 9 nitrogen and oxygen atoms in total. The molecule has 6 rings (SSSR count). The molecule has 0 amide bonds. The number of nitrogens with one attached hydrogen (secondary N) is 1. The van der Waals surface area contributed by atoms with E-state index in [2.05, 4.69) is 25.6 Å². The number of rotatable bonds is 4. The lowest BCUT2D eigenvalue weighted by molar-refractivity contribution is -0.122. The molecule has 10 heteroatoms. The van der Waals surface area contributed by atoms with Crippen LogP contribution in [0.15, 0.2) is 60.8 Å². The van der Waals surface area contributed by atoms with Gasteiger partial charge in [0, 0.05) is 22.9 Å². The Bertz CT molecular complexity index is 1550. The number of fused-ring (bicyclic) bond motifs is 2. The maximum atomic E-state index is 15.3. The van der Waals surface area contributed by atoms with Crippen molar-refractivity contribution in [1.82, 2.24) is 30.1 Å². The van der Waals surface area contributed by atoms with E-state index in [4.69, 9.17) is 14.6 Å². The standard InChI is InChI=1S/C26H23FN6O.CH2O2/c1-16-15-33-26(29-16)25(34-19-5-3-2-4-6-19)14-23(32-33)18-11-21(27)20-13-22(30-31-24(20)12-18)17-7-9-28-10-8-17;2-1-3/h2-6,11-15,17,28H,7-10H2,1H3;1H,(H,2,3). The molecule has 0 radical (unpaired) electrons. The summed E-state index contributed by atoms with van der Waals surface area (Å²) in [5.41, 5.74) is 3.91. The molecule has 2 aromatic carbocycles. The maximum Gasteiger partial charge on any atom is 0.290 e. The zero-order valence-corrected chi connectivity index (χ0v) is 20.1. The van der Waals surface area contributed by atoms with Crippen LogP contribution in [0.5, 0.6) is 11.5 Å². The van der Waals surface area contributed by atoms with Crippen molar-refractivity contribution in [2.75, 3.05) is 13.1 Å². The average molecular weight is 501 g/mol. The Balaban J connectivity index is 0.000000892. The van der Waals surface area contributed by atoms with Gasteiger partial charge in [-0.1, -0.05) is 18.2 Å². The number of para-hydroxylation sites is 1. The number of imidazole rings is 1. The van der Waals surface area contributed by atoms with Crippen molar-refractivity contribution in [3.63, 3.8) is 0 Å². The van der Waals surface area contributed by atoms with Gasteiger partial charge in [0.1, 0.15) is 11.6 Å². The molecule has 0 saturated carbocycles. The fraction of sp³-hybridized carbons (Fsp3) is 0.222. The molecule has 37 heavy (non-hydrogen) atoms. The summed E-state index contributed by atoms with van der Waals surface area (Å²) in [6.45, 7) is 3.54. The third kappa shape index (κ3) is 5.24. The van der Waals surface area contributed by atoms with Gasteiger partial charge >= 0.3 is 0 Å². The van der Waals surface area contributed by atoms with E-state index >= 15 is 4.39 Å². The first-order valence-electron chi connectivity index (χ1n) is 11.9. The molecule has 0 spiro atoms. The summed E-state index contributed by atoms with van der Waals surface area (Å²) >= 11 is 0. The van der Waals surface area contributed by atoms with Crippen LogP contribution in [0.25, 0.3) is 27.8 Å². The van der Waals surface area contributed by atoms with Gasteiger partial charge in [0.05, 0.1) is 28.8 Å². The van der Waals surface area contributed by atoms with Crippen molar-refractivity contribution in [3.05, 3.63) is 78.0 Å². The number of aromatic nitrogens is 5. The zero-order valence-electron chi connectivity index (χ0n) is 20.1. The Labute approximate surface area is 212 Å². The van der Waals surface area contributed by atoms with Gasteiger partial charge in [-0.2, -0.15) is 15.3 Å². The van der Waals surface area contributed by atoms with E-state index < -0.39 is 0 Å². The lowest BCUT2D eigenvalue weighted by Gasteiger charge is -2.21. The van der Waals surface area contributed by atoms with E-state index in [1.807, 2.05) is 55.6 Å². The van der Waals surface area contributed by atoms with Crippen LogP contribution in [-0.4, -0.2) is 49.5 Å². The fourth-order valence-corrected chi connectivity index (χ4v) is 4.48. The number of carbonyl (C=O) groups is 1. The predicted octanol–water partition coefficient (Wildman–Crippen LogP) is 4.75. The van der Waals surface area contributed by atoms with Gasteiger partial charge < -0.3 is 15.2 Å². The molecule has 1 saturated heterocycles. The van der Waals surface area contributed by atoms with E-state index in [1.165, 1.54) is 6.07 Å². The van der Waals surface area contributed by atoms with E-state index in [1.54, 1.807) is 10.6 Å². The fourth-order valence-electron chi connectivity index (χ4n) is 4.48. The van der Waals surface area contributed by atoms with Crippen LogP contribution in [0.3, 0.4) is 0 Å². The van der Waals surface area contributed by atoms with Crippen molar-refractivity contribution < 1.29 is 19.0 Å². The lowest BCUT2D eigenvalue weighted by Crippen LogP contribution is -2.27. The Hall–Kier alpha value is -4.44. The molecular formula is C27H25FN6O3. The summed E-state index contributed by atoms with van der Waals surface area (Å²) in [5.74, 6) is 1.19. The zero-order chi connectivity index (χ0) is 25.8. The summed E-state index contributed by atoms with van der Waals surface area (Å²) < 4.78 is 23.1. The van der Waals surface area contributed by atoms with Gasteiger partial charge in [-0.15, -0.1) is 0 Å². The predicted molar refractivity (Wildman–Crippen MR) is 136 cm³/mol. The summed E-state index contributed by atoms with van der Waals surface area (Å²) in [7, 11) is 0. The summed E-state index contributed by atoms with van der Waals surface area (Å²) in [6.07, 6.45) is 3.79. The second-order valence-corrected chi connectivity index (χ2v) is 8.75. The van der Waals surface area contributed by atoms with Crippen molar-refractivity contribution in [1.29, 1.82) is 0 Å². The van der Waals surface area contributed by atoms with E-state index in [-0.39, 0.29) is 12.3 Å². The highest BCUT2D eigenvalue weighted by Crippen LogP contribution is 2.32.